The first-order valence-electron chi connectivity index (χ1n) is 4.43. The van der Waals surface area contributed by atoms with Gasteiger partial charge in [0.1, 0.15) is 0 Å². The standard InChI is InChI=1S/C8H15N3O3/c1-8(14)4-11(5-8)3-2-6(12)10-7(9)13/h14H,2-5H2,1H3,(H3,9,10,12,13). The number of nitrogens with zero attached hydrogens (tertiary/aromatic N) is 1. The molecule has 1 aliphatic heterocycles. The lowest BCUT2D eigenvalue weighted by Gasteiger charge is -2.44. The molecule has 1 saturated heterocycles. The number of β-amino-alcohol motifs (C(OH)–C–C–N with tert-alkyl or cyclic N) is 1. The molecule has 1 aliphatic rings. The topological polar surface area (TPSA) is 95.7 Å². The summed E-state index contributed by atoms with van der Waals surface area (Å²) in [5.74, 6) is -0.385. The fraction of sp³-hybridized carbons (Fsp3) is 0.750. The van der Waals surface area contributed by atoms with E-state index in [2.05, 4.69) is 0 Å². The molecule has 0 radical (unpaired) electrons. The maximum absolute atomic E-state index is 11.0. The molecular formula is C8H15N3O3. The van der Waals surface area contributed by atoms with Crippen LogP contribution in [-0.2, 0) is 4.79 Å². The fourth-order valence-electron chi connectivity index (χ4n) is 1.53. The molecule has 14 heavy (non-hydrogen) atoms. The molecule has 6 heteroatoms. The van der Waals surface area contributed by atoms with Gasteiger partial charge < -0.3 is 10.8 Å². The summed E-state index contributed by atoms with van der Waals surface area (Å²) >= 11 is 0. The van der Waals surface area contributed by atoms with Gasteiger partial charge in [0.15, 0.2) is 0 Å². The van der Waals surface area contributed by atoms with Crippen molar-refractivity contribution in [3.63, 3.8) is 0 Å². The molecule has 0 aromatic carbocycles. The van der Waals surface area contributed by atoms with Crippen LogP contribution in [0, 0.1) is 0 Å². The Morgan fingerprint density at radius 3 is 2.57 bits per heavy atom. The Morgan fingerprint density at radius 2 is 2.14 bits per heavy atom. The van der Waals surface area contributed by atoms with Crippen LogP contribution in [0.3, 0.4) is 0 Å². The Labute approximate surface area is 82.1 Å². The monoisotopic (exact) mass is 201 g/mol. The average Bonchev–Trinajstić information content (AvgIpc) is 1.95. The summed E-state index contributed by atoms with van der Waals surface area (Å²) in [4.78, 5) is 23.2. The molecule has 1 fully saturated rings. The second-order valence-electron chi connectivity index (χ2n) is 3.87. The maximum Gasteiger partial charge on any atom is 0.318 e. The van der Waals surface area contributed by atoms with E-state index in [1.54, 1.807) is 6.92 Å². The van der Waals surface area contributed by atoms with Gasteiger partial charge in [0, 0.05) is 26.1 Å². The largest absolute Gasteiger partial charge is 0.388 e. The van der Waals surface area contributed by atoms with E-state index in [1.807, 2.05) is 10.2 Å². The number of amides is 3. The molecule has 0 spiro atoms. The molecule has 0 saturated carbocycles. The zero-order chi connectivity index (χ0) is 10.8. The fourth-order valence-corrected chi connectivity index (χ4v) is 1.53. The molecular weight excluding hydrogens is 186 g/mol. The first-order valence-corrected chi connectivity index (χ1v) is 4.43. The van der Waals surface area contributed by atoms with Gasteiger partial charge in [-0.2, -0.15) is 0 Å². The Kier molecular flexibility index (Phi) is 3.07. The van der Waals surface area contributed by atoms with E-state index >= 15 is 0 Å². The quantitative estimate of drug-likeness (QED) is 0.525. The molecule has 0 aliphatic carbocycles. The normalized spacial score (nSPS) is 19.9. The van der Waals surface area contributed by atoms with Crippen molar-refractivity contribution in [2.75, 3.05) is 19.6 Å². The third-order valence-corrected chi connectivity index (χ3v) is 2.05. The second kappa shape index (κ2) is 3.93. The highest BCUT2D eigenvalue weighted by molar-refractivity contribution is 5.93. The molecule has 80 valence electrons. The van der Waals surface area contributed by atoms with Gasteiger partial charge in [-0.3, -0.25) is 15.0 Å². The van der Waals surface area contributed by atoms with Gasteiger partial charge >= 0.3 is 6.03 Å². The van der Waals surface area contributed by atoms with Gasteiger partial charge in [-0.1, -0.05) is 0 Å². The number of carbonyl (C=O) groups is 2. The molecule has 0 aromatic rings. The zero-order valence-corrected chi connectivity index (χ0v) is 8.12. The highest BCUT2D eigenvalue weighted by Gasteiger charge is 2.35. The third-order valence-electron chi connectivity index (χ3n) is 2.05. The minimum absolute atomic E-state index is 0.221. The van der Waals surface area contributed by atoms with E-state index in [9.17, 15) is 14.7 Å². The minimum Gasteiger partial charge on any atom is -0.388 e. The van der Waals surface area contributed by atoms with Crippen LogP contribution < -0.4 is 11.1 Å². The van der Waals surface area contributed by atoms with Crippen LogP contribution >= 0.6 is 0 Å². The number of hydrogen-bond donors (Lipinski definition) is 3. The van der Waals surface area contributed by atoms with Crippen molar-refractivity contribution < 1.29 is 14.7 Å². The van der Waals surface area contributed by atoms with Crippen LogP contribution in [0.2, 0.25) is 0 Å². The zero-order valence-electron chi connectivity index (χ0n) is 8.12. The lowest BCUT2D eigenvalue weighted by atomic mass is 9.97. The third kappa shape index (κ3) is 3.31. The van der Waals surface area contributed by atoms with Crippen molar-refractivity contribution in [2.24, 2.45) is 5.73 Å². The van der Waals surface area contributed by atoms with Crippen molar-refractivity contribution in [1.82, 2.24) is 10.2 Å². The Morgan fingerprint density at radius 1 is 1.57 bits per heavy atom. The first kappa shape index (κ1) is 10.9. The Bertz CT molecular complexity index is 244. The van der Waals surface area contributed by atoms with Gasteiger partial charge in [-0.25, -0.2) is 4.79 Å². The summed E-state index contributed by atoms with van der Waals surface area (Å²) in [7, 11) is 0. The summed E-state index contributed by atoms with van der Waals surface area (Å²) < 4.78 is 0. The van der Waals surface area contributed by atoms with Crippen molar-refractivity contribution in [1.29, 1.82) is 0 Å². The van der Waals surface area contributed by atoms with Crippen molar-refractivity contribution >= 4 is 11.9 Å². The van der Waals surface area contributed by atoms with Gasteiger partial charge in [-0.05, 0) is 6.92 Å². The van der Waals surface area contributed by atoms with E-state index < -0.39 is 11.6 Å². The highest BCUT2D eigenvalue weighted by atomic mass is 16.3. The van der Waals surface area contributed by atoms with Crippen molar-refractivity contribution in [3.05, 3.63) is 0 Å². The summed E-state index contributed by atoms with van der Waals surface area (Å²) in [5.41, 5.74) is 4.14. The second-order valence-corrected chi connectivity index (χ2v) is 3.87. The van der Waals surface area contributed by atoms with Crippen molar-refractivity contribution in [2.45, 2.75) is 18.9 Å². The highest BCUT2D eigenvalue weighted by Crippen LogP contribution is 2.19. The van der Waals surface area contributed by atoms with E-state index in [0.29, 0.717) is 19.6 Å². The number of imide groups is 1. The van der Waals surface area contributed by atoms with E-state index in [1.165, 1.54) is 0 Å². The van der Waals surface area contributed by atoms with Crippen LogP contribution in [0.5, 0.6) is 0 Å². The number of carbonyl (C=O) groups excluding carboxylic acids is 2. The van der Waals surface area contributed by atoms with Gasteiger partial charge in [0.05, 0.1) is 5.60 Å². The Hall–Kier alpha value is -1.14. The molecule has 4 N–H and O–H groups in total. The number of nitrogens with one attached hydrogen (secondary N) is 1. The van der Waals surface area contributed by atoms with Gasteiger partial charge in [-0.15, -0.1) is 0 Å². The molecule has 0 atom stereocenters. The van der Waals surface area contributed by atoms with E-state index in [4.69, 9.17) is 5.73 Å². The van der Waals surface area contributed by atoms with E-state index in [0.717, 1.165) is 0 Å². The lowest BCUT2D eigenvalue weighted by molar-refractivity contribution is -0.122. The van der Waals surface area contributed by atoms with Crippen molar-refractivity contribution in [3.8, 4) is 0 Å². The maximum atomic E-state index is 11.0. The molecule has 1 rings (SSSR count). The van der Waals surface area contributed by atoms with Gasteiger partial charge in [0.2, 0.25) is 5.91 Å². The molecule has 0 bridgehead atoms. The summed E-state index contributed by atoms with van der Waals surface area (Å²) in [6.45, 7) is 3.41. The van der Waals surface area contributed by atoms with Crippen LogP contribution in [0.1, 0.15) is 13.3 Å². The van der Waals surface area contributed by atoms with E-state index in [-0.39, 0.29) is 12.3 Å². The number of aliphatic hydroxyl groups is 1. The summed E-state index contributed by atoms with van der Waals surface area (Å²) in [5, 5.41) is 11.4. The smallest absolute Gasteiger partial charge is 0.318 e. The number of primary amides is 1. The summed E-state index contributed by atoms with van der Waals surface area (Å²) in [6.07, 6.45) is 0.221. The predicted molar refractivity (Wildman–Crippen MR) is 49.4 cm³/mol. The first-order chi connectivity index (χ1) is 6.39. The number of rotatable bonds is 3. The molecule has 6 nitrogen and oxygen atoms in total. The number of hydrogen-bond acceptors (Lipinski definition) is 4. The van der Waals surface area contributed by atoms with Crippen LogP contribution in [0.4, 0.5) is 4.79 Å². The SMILES string of the molecule is CC1(O)CN(CCC(=O)NC(N)=O)C1. The molecule has 0 unspecified atom stereocenters. The molecule has 1 heterocycles. The number of nitrogens with two attached hydrogens (primary N) is 1. The minimum atomic E-state index is -0.828. The van der Waals surface area contributed by atoms with Crippen LogP contribution in [0.15, 0.2) is 0 Å². The van der Waals surface area contributed by atoms with Crippen LogP contribution in [0.25, 0.3) is 0 Å². The average molecular weight is 201 g/mol. The number of urea groups is 1. The molecule has 3 amide bonds. The Balaban J connectivity index is 2.11. The number of likely N-dealkylation sites (tertiary alicyclic amines) is 1. The lowest BCUT2D eigenvalue weighted by Crippen LogP contribution is -2.60. The summed E-state index contributed by atoms with van der Waals surface area (Å²) in [6, 6.07) is -0.828. The predicted octanol–water partition coefficient (Wildman–Crippen LogP) is -1.36. The molecule has 0 aromatic heterocycles. The van der Waals surface area contributed by atoms with Crippen LogP contribution in [-0.4, -0.2) is 47.2 Å². The van der Waals surface area contributed by atoms with Gasteiger partial charge in [0.25, 0.3) is 0 Å².